The lowest BCUT2D eigenvalue weighted by Gasteiger charge is -2.07. The van der Waals surface area contributed by atoms with E-state index in [0.29, 0.717) is 0 Å². The van der Waals surface area contributed by atoms with E-state index in [1.807, 2.05) is 0 Å². The normalized spacial score (nSPS) is 18.6. The maximum absolute atomic E-state index is 5.71. The highest BCUT2D eigenvalue weighted by Gasteiger charge is 2.23. The van der Waals surface area contributed by atoms with Gasteiger partial charge >= 0.3 is 0 Å². The molecule has 0 radical (unpaired) electrons. The third kappa shape index (κ3) is 1.29. The summed E-state index contributed by atoms with van der Waals surface area (Å²) < 4.78 is 5.71. The van der Waals surface area contributed by atoms with Crippen LogP contribution < -0.4 is 4.74 Å². The Labute approximate surface area is 95.3 Å². The lowest BCUT2D eigenvalue weighted by molar-refractivity contribution is 0.247. The molecule has 3 rings (SSSR count). The Kier molecular flexibility index (Phi) is 1.93. The number of aromatic nitrogens is 1. The van der Waals surface area contributed by atoms with E-state index in [4.69, 9.17) is 4.74 Å². The third-order valence-electron chi connectivity index (χ3n) is 3.29. The summed E-state index contributed by atoms with van der Waals surface area (Å²) in [5.41, 5.74) is 4.93. The zero-order valence-electron chi connectivity index (χ0n) is 9.87. The number of fused-ring (bicyclic) bond motifs is 2. The molecule has 0 fully saturated rings. The van der Waals surface area contributed by atoms with E-state index in [1.54, 1.807) is 0 Å². The summed E-state index contributed by atoms with van der Waals surface area (Å²) in [4.78, 5) is 4.59. The number of hydrogen-bond donors (Lipinski definition) is 0. The largest absolute Gasteiger partial charge is 0.474 e. The van der Waals surface area contributed by atoms with Crippen molar-refractivity contribution in [2.45, 2.75) is 33.3 Å². The van der Waals surface area contributed by atoms with E-state index >= 15 is 0 Å². The van der Waals surface area contributed by atoms with Crippen LogP contribution in [-0.2, 0) is 6.42 Å². The summed E-state index contributed by atoms with van der Waals surface area (Å²) in [5.74, 6) is 0.835. The predicted octanol–water partition coefficient (Wildman–Crippen LogP) is 3.18. The van der Waals surface area contributed by atoms with Crippen molar-refractivity contribution < 1.29 is 4.74 Å². The van der Waals surface area contributed by atoms with E-state index in [-0.39, 0.29) is 6.10 Å². The van der Waals surface area contributed by atoms with Crippen molar-refractivity contribution in [2.24, 2.45) is 0 Å². The Morgan fingerprint density at radius 3 is 2.94 bits per heavy atom. The van der Waals surface area contributed by atoms with E-state index in [1.165, 1.54) is 22.1 Å². The number of hydrogen-bond acceptors (Lipinski definition) is 2. The molecule has 0 saturated carbocycles. The minimum atomic E-state index is 0.263. The van der Waals surface area contributed by atoms with E-state index < -0.39 is 0 Å². The van der Waals surface area contributed by atoms with Crippen LogP contribution in [0.1, 0.15) is 23.6 Å². The molecule has 0 amide bonds. The molecule has 0 N–H and O–H groups in total. The van der Waals surface area contributed by atoms with Crippen LogP contribution in [0.25, 0.3) is 10.9 Å². The lowest BCUT2D eigenvalue weighted by atomic mass is 10.0. The topological polar surface area (TPSA) is 22.1 Å². The molecule has 2 heteroatoms. The molecule has 2 nitrogen and oxygen atoms in total. The van der Waals surface area contributed by atoms with Crippen molar-refractivity contribution in [3.8, 4) is 5.88 Å². The monoisotopic (exact) mass is 213 g/mol. The highest BCUT2D eigenvalue weighted by atomic mass is 16.5. The average molecular weight is 213 g/mol. The van der Waals surface area contributed by atoms with Gasteiger partial charge in [-0.05, 0) is 38.5 Å². The van der Waals surface area contributed by atoms with Crippen molar-refractivity contribution in [3.63, 3.8) is 0 Å². The summed E-state index contributed by atoms with van der Waals surface area (Å²) in [7, 11) is 0. The summed E-state index contributed by atoms with van der Waals surface area (Å²) in [5, 5.41) is 1.26. The highest BCUT2D eigenvalue weighted by Crippen LogP contribution is 2.33. The maximum atomic E-state index is 5.71. The van der Waals surface area contributed by atoms with Crippen LogP contribution in [0, 0.1) is 13.8 Å². The fourth-order valence-electron chi connectivity index (χ4n) is 2.41. The van der Waals surface area contributed by atoms with Gasteiger partial charge < -0.3 is 4.74 Å². The molecule has 1 atom stereocenters. The molecule has 1 aromatic heterocycles. The minimum absolute atomic E-state index is 0.263. The quantitative estimate of drug-likeness (QED) is 0.670. The highest BCUT2D eigenvalue weighted by molar-refractivity contribution is 5.85. The first kappa shape index (κ1) is 9.64. The molecule has 16 heavy (non-hydrogen) atoms. The maximum Gasteiger partial charge on any atom is 0.217 e. The number of benzene rings is 1. The molecular weight excluding hydrogens is 198 g/mol. The fourth-order valence-corrected chi connectivity index (χ4v) is 2.41. The summed E-state index contributed by atoms with van der Waals surface area (Å²) in [6.07, 6.45) is 1.25. The van der Waals surface area contributed by atoms with Gasteiger partial charge in [0.25, 0.3) is 0 Å². The molecule has 1 aromatic carbocycles. The van der Waals surface area contributed by atoms with Crippen molar-refractivity contribution in [1.82, 2.24) is 4.98 Å². The van der Waals surface area contributed by atoms with Crippen LogP contribution in [0.4, 0.5) is 0 Å². The van der Waals surface area contributed by atoms with Gasteiger partial charge in [-0.3, -0.25) is 0 Å². The third-order valence-corrected chi connectivity index (χ3v) is 3.29. The Bertz CT molecular complexity index is 574. The molecule has 0 aliphatic carbocycles. The summed E-state index contributed by atoms with van der Waals surface area (Å²) >= 11 is 0. The SMILES string of the molecule is Cc1ccc2nc3c(c(C)c2c1)C[C@H](C)O3. The van der Waals surface area contributed by atoms with Crippen LogP contribution in [0.5, 0.6) is 5.88 Å². The van der Waals surface area contributed by atoms with Crippen LogP contribution in [0.2, 0.25) is 0 Å². The van der Waals surface area contributed by atoms with Crippen molar-refractivity contribution >= 4 is 10.9 Å². The van der Waals surface area contributed by atoms with E-state index in [9.17, 15) is 0 Å². The molecule has 0 saturated heterocycles. The van der Waals surface area contributed by atoms with Crippen LogP contribution in [0.3, 0.4) is 0 Å². The van der Waals surface area contributed by atoms with Crippen molar-refractivity contribution in [3.05, 3.63) is 34.9 Å². The summed E-state index contributed by atoms with van der Waals surface area (Å²) in [6, 6.07) is 6.38. The molecule has 0 unspecified atom stereocenters. The van der Waals surface area contributed by atoms with Gasteiger partial charge in [0.1, 0.15) is 6.10 Å². The summed E-state index contributed by atoms with van der Waals surface area (Å²) in [6.45, 7) is 6.38. The first-order chi connectivity index (χ1) is 7.65. The van der Waals surface area contributed by atoms with Gasteiger partial charge in [0.05, 0.1) is 5.52 Å². The van der Waals surface area contributed by atoms with Gasteiger partial charge in [-0.15, -0.1) is 0 Å². The van der Waals surface area contributed by atoms with Gasteiger partial charge in [-0.1, -0.05) is 11.6 Å². The van der Waals surface area contributed by atoms with Crippen LogP contribution in [0.15, 0.2) is 18.2 Å². The molecule has 82 valence electrons. The zero-order chi connectivity index (χ0) is 11.3. The Morgan fingerprint density at radius 2 is 2.12 bits per heavy atom. The number of rotatable bonds is 0. The second kappa shape index (κ2) is 3.21. The Balaban J connectivity index is 2.34. The van der Waals surface area contributed by atoms with E-state index in [0.717, 1.165) is 17.8 Å². The molecular formula is C14H15NO. The average Bonchev–Trinajstić information content (AvgIpc) is 2.61. The molecule has 0 spiro atoms. The van der Waals surface area contributed by atoms with Crippen LogP contribution in [-0.4, -0.2) is 11.1 Å². The Hall–Kier alpha value is -1.57. The second-order valence-electron chi connectivity index (χ2n) is 4.67. The van der Waals surface area contributed by atoms with Crippen LogP contribution >= 0.6 is 0 Å². The number of ether oxygens (including phenoxy) is 1. The first-order valence-corrected chi connectivity index (χ1v) is 5.71. The molecule has 1 aliphatic heterocycles. The lowest BCUT2D eigenvalue weighted by Crippen LogP contribution is -2.05. The standard InChI is InChI=1S/C14H15NO/c1-8-4-5-13-11(6-8)10(3)12-7-9(2)16-14(12)15-13/h4-6,9H,7H2,1-3H3/t9-/m0/s1. The number of nitrogens with zero attached hydrogens (tertiary/aromatic N) is 1. The second-order valence-corrected chi connectivity index (χ2v) is 4.67. The Morgan fingerprint density at radius 1 is 1.31 bits per heavy atom. The number of pyridine rings is 1. The van der Waals surface area contributed by atoms with Gasteiger partial charge in [-0.25, -0.2) is 4.98 Å². The number of aryl methyl sites for hydroxylation is 2. The minimum Gasteiger partial charge on any atom is -0.474 e. The molecule has 0 bridgehead atoms. The first-order valence-electron chi connectivity index (χ1n) is 5.71. The molecule has 1 aliphatic rings. The zero-order valence-corrected chi connectivity index (χ0v) is 9.87. The van der Waals surface area contributed by atoms with Crippen molar-refractivity contribution in [1.29, 1.82) is 0 Å². The molecule has 2 heterocycles. The van der Waals surface area contributed by atoms with Gasteiger partial charge in [-0.2, -0.15) is 0 Å². The molecule has 2 aromatic rings. The van der Waals surface area contributed by atoms with Gasteiger partial charge in [0, 0.05) is 17.4 Å². The van der Waals surface area contributed by atoms with Gasteiger partial charge in [0.15, 0.2) is 0 Å². The fraction of sp³-hybridized carbons (Fsp3) is 0.357. The van der Waals surface area contributed by atoms with Crippen molar-refractivity contribution in [2.75, 3.05) is 0 Å². The van der Waals surface area contributed by atoms with E-state index in [2.05, 4.69) is 44.0 Å². The predicted molar refractivity (Wildman–Crippen MR) is 65.0 cm³/mol. The smallest absolute Gasteiger partial charge is 0.217 e. The van der Waals surface area contributed by atoms with Gasteiger partial charge in [0.2, 0.25) is 5.88 Å².